The molecule has 12 heteroatoms. The Morgan fingerprint density at radius 3 is 2.10 bits per heavy atom. The minimum Gasteiger partial charge on any atom is -0.490 e. The SMILES string of the molecule is CC(C)(OC(=O)N1C2CNCC1C(C(=O)N(Cc1ccccc1)C1CC1)=C(c1ccc(OCCOc3ccc(Br)cc3)cc1)C2)C(Cl)(Cl)Cl. The minimum absolute atomic E-state index is 0.0858. The van der Waals surface area contributed by atoms with Gasteiger partial charge in [0, 0.05) is 35.7 Å². The van der Waals surface area contributed by atoms with E-state index in [1.807, 2.05) is 83.8 Å². The van der Waals surface area contributed by atoms with E-state index in [0.29, 0.717) is 50.6 Å². The monoisotopic (exact) mass is 789 g/mol. The standard InChI is InChI=1S/C37H39BrCl3N3O5/c1-36(2,37(39,40)41)49-35(46)44-28-20-31(25-8-14-29(15-9-25)47-18-19-48-30-16-10-26(38)11-17-30)33(32(44)22-42-21-28)34(45)43(27-12-13-27)23-24-6-4-3-5-7-24/h3-11,14-17,27-28,32,42H,12-13,18-23H2,1-2H3. The van der Waals surface area contributed by atoms with Gasteiger partial charge in [0.05, 0.1) is 12.1 Å². The number of nitrogens with zero attached hydrogens (tertiary/aromatic N) is 2. The van der Waals surface area contributed by atoms with E-state index in [1.165, 1.54) is 0 Å². The molecule has 2 bridgehead atoms. The maximum Gasteiger partial charge on any atom is 0.411 e. The van der Waals surface area contributed by atoms with Gasteiger partial charge in [0.2, 0.25) is 3.79 Å². The zero-order valence-corrected chi connectivity index (χ0v) is 31.2. The fraction of sp³-hybridized carbons (Fsp3) is 0.405. The van der Waals surface area contributed by atoms with Crippen molar-refractivity contribution >= 4 is 68.3 Å². The van der Waals surface area contributed by atoms with Crippen LogP contribution in [0.25, 0.3) is 5.57 Å². The number of rotatable bonds is 11. The number of alkyl halides is 3. The first-order valence-corrected chi connectivity index (χ1v) is 18.3. The number of nitrogens with one attached hydrogen (secondary N) is 1. The van der Waals surface area contributed by atoms with Crippen molar-refractivity contribution in [1.82, 2.24) is 15.1 Å². The number of fused-ring (bicyclic) bond motifs is 2. The first-order valence-electron chi connectivity index (χ1n) is 16.4. The summed E-state index contributed by atoms with van der Waals surface area (Å²) >= 11 is 22.0. The third kappa shape index (κ3) is 8.51. The van der Waals surface area contributed by atoms with Crippen LogP contribution in [0.15, 0.2) is 88.9 Å². The summed E-state index contributed by atoms with van der Waals surface area (Å²) in [5.74, 6) is 1.37. The Bertz CT molecular complexity index is 1660. The zero-order valence-electron chi connectivity index (χ0n) is 27.3. The van der Waals surface area contributed by atoms with E-state index in [4.69, 9.17) is 49.0 Å². The number of piperazine rings is 1. The van der Waals surface area contributed by atoms with Crippen molar-refractivity contribution in [3.63, 3.8) is 0 Å². The normalized spacial score (nSPS) is 19.3. The van der Waals surface area contributed by atoms with Gasteiger partial charge in [-0.1, -0.05) is 93.2 Å². The summed E-state index contributed by atoms with van der Waals surface area (Å²) in [5, 5.41) is 3.44. The zero-order chi connectivity index (χ0) is 34.8. The van der Waals surface area contributed by atoms with Gasteiger partial charge in [0.15, 0.2) is 5.60 Å². The highest BCUT2D eigenvalue weighted by Gasteiger charge is 2.50. The van der Waals surface area contributed by atoms with Crippen LogP contribution in [0.1, 0.15) is 44.2 Å². The van der Waals surface area contributed by atoms with E-state index in [-0.39, 0.29) is 18.0 Å². The molecular weight excluding hydrogens is 753 g/mol. The molecule has 0 radical (unpaired) electrons. The highest BCUT2D eigenvalue weighted by atomic mass is 79.9. The Morgan fingerprint density at radius 2 is 1.51 bits per heavy atom. The summed E-state index contributed by atoms with van der Waals surface area (Å²) in [7, 11) is 0. The summed E-state index contributed by atoms with van der Waals surface area (Å²) in [6, 6.07) is 24.7. The molecule has 1 saturated heterocycles. The molecule has 1 saturated carbocycles. The lowest BCUT2D eigenvalue weighted by atomic mass is 9.82. The molecule has 1 N–H and O–H groups in total. The molecule has 3 aromatic rings. The molecule has 8 nitrogen and oxygen atoms in total. The van der Waals surface area contributed by atoms with Crippen LogP contribution in [0.5, 0.6) is 11.5 Å². The molecule has 0 spiro atoms. The van der Waals surface area contributed by atoms with Crippen molar-refractivity contribution in [1.29, 1.82) is 0 Å². The second-order valence-corrected chi connectivity index (χ2v) is 16.2. The Labute approximate surface area is 310 Å². The molecule has 2 amide bonds. The second-order valence-electron chi connectivity index (χ2n) is 13.0. The molecule has 2 atom stereocenters. The summed E-state index contributed by atoms with van der Waals surface area (Å²) in [6.07, 6.45) is 1.70. The van der Waals surface area contributed by atoms with Gasteiger partial charge in [-0.05, 0) is 86.2 Å². The summed E-state index contributed by atoms with van der Waals surface area (Å²) in [4.78, 5) is 32.3. The van der Waals surface area contributed by atoms with Crippen LogP contribution in [0.2, 0.25) is 0 Å². The van der Waals surface area contributed by atoms with E-state index in [9.17, 15) is 9.59 Å². The van der Waals surface area contributed by atoms with Crippen LogP contribution in [-0.4, -0.2) is 75.6 Å². The number of carbonyl (C=O) groups is 2. The van der Waals surface area contributed by atoms with E-state index < -0.39 is 21.5 Å². The number of benzene rings is 3. The van der Waals surface area contributed by atoms with Gasteiger partial charge in [-0.2, -0.15) is 0 Å². The molecule has 3 aromatic carbocycles. The van der Waals surface area contributed by atoms with Crippen LogP contribution < -0.4 is 14.8 Å². The van der Waals surface area contributed by atoms with Crippen molar-refractivity contribution in [3.05, 3.63) is 100 Å². The summed E-state index contributed by atoms with van der Waals surface area (Å²) < 4.78 is 16.7. The molecule has 49 heavy (non-hydrogen) atoms. The lowest BCUT2D eigenvalue weighted by molar-refractivity contribution is -0.129. The molecule has 0 aromatic heterocycles. The molecule has 1 aliphatic carbocycles. The van der Waals surface area contributed by atoms with Gasteiger partial charge in [0.25, 0.3) is 5.91 Å². The van der Waals surface area contributed by atoms with Gasteiger partial charge >= 0.3 is 6.09 Å². The molecule has 2 heterocycles. The number of ether oxygens (including phenoxy) is 3. The average Bonchev–Trinajstić information content (AvgIpc) is 3.91. The minimum atomic E-state index is -1.85. The number of amides is 2. The highest BCUT2D eigenvalue weighted by molar-refractivity contribution is 9.10. The van der Waals surface area contributed by atoms with E-state index in [1.54, 1.807) is 18.7 Å². The van der Waals surface area contributed by atoms with E-state index in [2.05, 4.69) is 21.2 Å². The van der Waals surface area contributed by atoms with Crippen molar-refractivity contribution in [2.45, 2.75) is 67.2 Å². The first-order chi connectivity index (χ1) is 23.4. The van der Waals surface area contributed by atoms with E-state index in [0.717, 1.165) is 39.8 Å². The van der Waals surface area contributed by atoms with Crippen molar-refractivity contribution in [2.24, 2.45) is 0 Å². The molecule has 2 aliphatic heterocycles. The van der Waals surface area contributed by atoms with Crippen LogP contribution in [0.4, 0.5) is 4.79 Å². The molecule has 2 fully saturated rings. The fourth-order valence-corrected chi connectivity index (χ4v) is 6.62. The maximum atomic E-state index is 14.8. The smallest absolute Gasteiger partial charge is 0.411 e. The van der Waals surface area contributed by atoms with Crippen LogP contribution in [0, 0.1) is 0 Å². The van der Waals surface area contributed by atoms with Crippen molar-refractivity contribution in [3.8, 4) is 11.5 Å². The van der Waals surface area contributed by atoms with Gasteiger partial charge in [-0.3, -0.25) is 9.69 Å². The molecule has 3 aliphatic rings. The largest absolute Gasteiger partial charge is 0.490 e. The number of hydrogen-bond donors (Lipinski definition) is 1. The summed E-state index contributed by atoms with van der Waals surface area (Å²) in [6.45, 7) is 5.28. The second kappa shape index (κ2) is 15.1. The Hall–Kier alpha value is -2.95. The number of hydrogen-bond acceptors (Lipinski definition) is 6. The third-order valence-electron chi connectivity index (χ3n) is 9.09. The quantitative estimate of drug-likeness (QED) is 0.156. The van der Waals surface area contributed by atoms with Crippen LogP contribution in [-0.2, 0) is 16.1 Å². The van der Waals surface area contributed by atoms with Crippen molar-refractivity contribution < 1.29 is 23.8 Å². The maximum absolute atomic E-state index is 14.8. The Kier molecular flexibility index (Phi) is 11.1. The van der Waals surface area contributed by atoms with Crippen molar-refractivity contribution in [2.75, 3.05) is 26.3 Å². The number of halogens is 4. The van der Waals surface area contributed by atoms with E-state index >= 15 is 0 Å². The fourth-order valence-electron chi connectivity index (χ4n) is 6.24. The predicted molar refractivity (Wildman–Crippen MR) is 196 cm³/mol. The molecule has 260 valence electrons. The van der Waals surface area contributed by atoms with Gasteiger partial charge < -0.3 is 24.4 Å². The topological polar surface area (TPSA) is 80.3 Å². The predicted octanol–water partition coefficient (Wildman–Crippen LogP) is 8.18. The number of carbonyl (C=O) groups excluding carboxylic acids is 2. The molecule has 6 rings (SSSR count). The third-order valence-corrected chi connectivity index (χ3v) is 11.0. The molecular formula is C37H39BrCl3N3O5. The first kappa shape index (κ1) is 35.9. The van der Waals surface area contributed by atoms with Crippen LogP contribution >= 0.6 is 50.7 Å². The Balaban J connectivity index is 1.28. The van der Waals surface area contributed by atoms with Crippen LogP contribution in [0.3, 0.4) is 0 Å². The van der Waals surface area contributed by atoms with Gasteiger partial charge in [-0.15, -0.1) is 0 Å². The molecule has 2 unspecified atom stereocenters. The lowest BCUT2D eigenvalue weighted by Gasteiger charge is -2.48. The summed E-state index contributed by atoms with van der Waals surface area (Å²) in [5.41, 5.74) is 2.04. The van der Waals surface area contributed by atoms with Gasteiger partial charge in [0.1, 0.15) is 24.7 Å². The average molecular weight is 792 g/mol. The van der Waals surface area contributed by atoms with Gasteiger partial charge in [-0.25, -0.2) is 4.79 Å². The Morgan fingerprint density at radius 1 is 0.898 bits per heavy atom. The highest BCUT2D eigenvalue weighted by Crippen LogP contribution is 2.43. The lowest BCUT2D eigenvalue weighted by Crippen LogP contribution is -2.64.